The Morgan fingerprint density at radius 1 is 1.08 bits per heavy atom. The summed E-state index contributed by atoms with van der Waals surface area (Å²) in [5, 5.41) is 2.81. The van der Waals surface area contributed by atoms with Crippen LogP contribution in [0.1, 0.15) is 40.4 Å². The van der Waals surface area contributed by atoms with Gasteiger partial charge in [-0.15, -0.1) is 0 Å². The molecule has 2 amide bonds. The van der Waals surface area contributed by atoms with Gasteiger partial charge in [-0.2, -0.15) is 0 Å². The van der Waals surface area contributed by atoms with Crippen molar-refractivity contribution in [3.8, 4) is 0 Å². The van der Waals surface area contributed by atoms with Gasteiger partial charge < -0.3 is 10.2 Å². The topological polar surface area (TPSA) is 66.5 Å². The van der Waals surface area contributed by atoms with E-state index < -0.39 is 17.7 Å². The Balaban J connectivity index is 1.76. The molecule has 3 rings (SSSR count). The van der Waals surface area contributed by atoms with Crippen LogP contribution in [0.25, 0.3) is 0 Å². The molecule has 1 unspecified atom stereocenters. The normalized spacial score (nSPS) is 15.0. The average molecular weight is 350 g/mol. The Morgan fingerprint density at radius 3 is 2.38 bits per heavy atom. The minimum absolute atomic E-state index is 0.0880. The molecule has 0 saturated carbocycles. The third kappa shape index (κ3) is 4.17. The van der Waals surface area contributed by atoms with Crippen molar-refractivity contribution in [2.24, 2.45) is 0 Å². The fraction of sp³-hybridized carbons (Fsp3) is 0.286. The standard InChI is InChI=1S/C21H22N2O3/c1-15-9-11-17(12-10-15)20(25)21(26)22-18(16-6-3-2-4-7-16)14-23-13-5-8-19(23)24/h2-4,6-7,9-12,18H,5,8,13-14H2,1H3,(H,22,26). The van der Waals surface area contributed by atoms with E-state index in [0.717, 1.165) is 17.5 Å². The number of benzene rings is 2. The molecule has 0 radical (unpaired) electrons. The van der Waals surface area contributed by atoms with Gasteiger partial charge in [-0.3, -0.25) is 14.4 Å². The second-order valence-electron chi connectivity index (χ2n) is 6.58. The molecule has 0 bridgehead atoms. The first-order valence-electron chi connectivity index (χ1n) is 8.79. The lowest BCUT2D eigenvalue weighted by Gasteiger charge is -2.25. The number of carbonyl (C=O) groups is 3. The Kier molecular flexibility index (Phi) is 5.46. The SMILES string of the molecule is Cc1ccc(C(=O)C(=O)NC(CN2CCCC2=O)c2ccccc2)cc1. The highest BCUT2D eigenvalue weighted by molar-refractivity contribution is 6.42. The maximum Gasteiger partial charge on any atom is 0.292 e. The van der Waals surface area contributed by atoms with Crippen LogP contribution >= 0.6 is 0 Å². The lowest BCUT2D eigenvalue weighted by molar-refractivity contribution is -0.128. The molecule has 1 saturated heterocycles. The number of nitrogens with one attached hydrogen (secondary N) is 1. The lowest BCUT2D eigenvalue weighted by atomic mass is 10.0. The summed E-state index contributed by atoms with van der Waals surface area (Å²) in [6.45, 7) is 2.98. The number of amides is 2. The van der Waals surface area contributed by atoms with E-state index in [9.17, 15) is 14.4 Å². The third-order valence-corrected chi connectivity index (χ3v) is 4.60. The van der Waals surface area contributed by atoms with Crippen molar-refractivity contribution in [2.75, 3.05) is 13.1 Å². The van der Waals surface area contributed by atoms with E-state index in [4.69, 9.17) is 0 Å². The summed E-state index contributed by atoms with van der Waals surface area (Å²) in [6.07, 6.45) is 1.37. The van der Waals surface area contributed by atoms with Crippen LogP contribution < -0.4 is 5.32 Å². The Hall–Kier alpha value is -2.95. The number of ketones is 1. The molecule has 134 valence electrons. The molecule has 26 heavy (non-hydrogen) atoms. The van der Waals surface area contributed by atoms with Crippen molar-refractivity contribution in [3.63, 3.8) is 0 Å². The highest BCUT2D eigenvalue weighted by Crippen LogP contribution is 2.19. The van der Waals surface area contributed by atoms with Crippen LogP contribution in [0.2, 0.25) is 0 Å². The van der Waals surface area contributed by atoms with E-state index in [0.29, 0.717) is 25.1 Å². The Morgan fingerprint density at radius 2 is 1.77 bits per heavy atom. The van der Waals surface area contributed by atoms with Gasteiger partial charge >= 0.3 is 0 Å². The molecule has 2 aromatic carbocycles. The van der Waals surface area contributed by atoms with Crippen LogP contribution in [-0.2, 0) is 9.59 Å². The number of aryl methyl sites for hydroxylation is 1. The minimum Gasteiger partial charge on any atom is -0.341 e. The summed E-state index contributed by atoms with van der Waals surface area (Å²) in [5.41, 5.74) is 2.26. The van der Waals surface area contributed by atoms with E-state index in [-0.39, 0.29) is 5.91 Å². The third-order valence-electron chi connectivity index (χ3n) is 4.60. The maximum atomic E-state index is 12.5. The quantitative estimate of drug-likeness (QED) is 0.643. The van der Waals surface area contributed by atoms with Gasteiger partial charge in [0.1, 0.15) is 0 Å². The first-order chi connectivity index (χ1) is 12.5. The van der Waals surface area contributed by atoms with Crippen molar-refractivity contribution in [3.05, 3.63) is 71.3 Å². The van der Waals surface area contributed by atoms with Crippen LogP contribution in [0, 0.1) is 6.92 Å². The molecule has 0 aliphatic carbocycles. The van der Waals surface area contributed by atoms with Crippen LogP contribution in [-0.4, -0.2) is 35.6 Å². The van der Waals surface area contributed by atoms with Crippen LogP contribution in [0.3, 0.4) is 0 Å². The zero-order chi connectivity index (χ0) is 18.5. The zero-order valence-corrected chi connectivity index (χ0v) is 14.8. The Labute approximate surface area is 153 Å². The first-order valence-corrected chi connectivity index (χ1v) is 8.79. The molecular formula is C21H22N2O3. The first kappa shape index (κ1) is 17.9. The summed E-state index contributed by atoms with van der Waals surface area (Å²) in [4.78, 5) is 38.6. The minimum atomic E-state index is -0.658. The molecule has 1 N–H and O–H groups in total. The molecule has 1 aliphatic rings. The molecule has 5 nitrogen and oxygen atoms in total. The van der Waals surface area contributed by atoms with Crippen molar-refractivity contribution >= 4 is 17.6 Å². The predicted molar refractivity (Wildman–Crippen MR) is 98.6 cm³/mol. The molecular weight excluding hydrogens is 328 g/mol. The van der Waals surface area contributed by atoms with Gasteiger partial charge in [-0.1, -0.05) is 60.2 Å². The fourth-order valence-electron chi connectivity index (χ4n) is 3.10. The van der Waals surface area contributed by atoms with Gasteiger partial charge in [0.25, 0.3) is 5.91 Å². The number of hydrogen-bond acceptors (Lipinski definition) is 3. The second kappa shape index (κ2) is 7.95. The summed E-state index contributed by atoms with van der Waals surface area (Å²) < 4.78 is 0. The molecule has 2 aromatic rings. The smallest absolute Gasteiger partial charge is 0.292 e. The van der Waals surface area contributed by atoms with Gasteiger partial charge in [0.2, 0.25) is 11.7 Å². The number of hydrogen-bond donors (Lipinski definition) is 1. The van der Waals surface area contributed by atoms with Gasteiger partial charge in [-0.05, 0) is 18.9 Å². The van der Waals surface area contributed by atoms with E-state index in [1.165, 1.54) is 0 Å². The predicted octanol–water partition coefficient (Wildman–Crippen LogP) is 2.66. The molecule has 0 spiro atoms. The largest absolute Gasteiger partial charge is 0.341 e. The number of Topliss-reactive ketones (excluding diaryl/α,β-unsaturated/α-hetero) is 1. The van der Waals surface area contributed by atoms with E-state index in [2.05, 4.69) is 5.32 Å². The monoisotopic (exact) mass is 350 g/mol. The number of carbonyl (C=O) groups excluding carboxylic acids is 3. The van der Waals surface area contributed by atoms with Crippen LogP contribution in [0.4, 0.5) is 0 Å². The van der Waals surface area contributed by atoms with Gasteiger partial charge in [0.05, 0.1) is 6.04 Å². The molecule has 1 fully saturated rings. The number of nitrogens with zero attached hydrogens (tertiary/aromatic N) is 1. The van der Waals surface area contributed by atoms with Crippen molar-refractivity contribution < 1.29 is 14.4 Å². The highest BCUT2D eigenvalue weighted by Gasteiger charge is 2.27. The molecule has 0 aromatic heterocycles. The zero-order valence-electron chi connectivity index (χ0n) is 14.8. The van der Waals surface area contributed by atoms with Gasteiger partial charge in [0.15, 0.2) is 0 Å². The summed E-state index contributed by atoms with van der Waals surface area (Å²) in [5.74, 6) is -1.14. The van der Waals surface area contributed by atoms with E-state index in [1.807, 2.05) is 37.3 Å². The molecule has 1 atom stereocenters. The molecule has 5 heteroatoms. The summed E-state index contributed by atoms with van der Waals surface area (Å²) >= 11 is 0. The lowest BCUT2D eigenvalue weighted by Crippen LogP contribution is -2.41. The summed E-state index contributed by atoms with van der Waals surface area (Å²) in [6, 6.07) is 15.9. The highest BCUT2D eigenvalue weighted by atomic mass is 16.2. The van der Waals surface area contributed by atoms with Crippen molar-refractivity contribution in [2.45, 2.75) is 25.8 Å². The number of likely N-dealkylation sites (tertiary alicyclic amines) is 1. The van der Waals surface area contributed by atoms with Crippen LogP contribution in [0.15, 0.2) is 54.6 Å². The second-order valence-corrected chi connectivity index (χ2v) is 6.58. The van der Waals surface area contributed by atoms with Crippen molar-refractivity contribution in [1.29, 1.82) is 0 Å². The van der Waals surface area contributed by atoms with E-state index in [1.54, 1.807) is 29.2 Å². The molecule has 1 heterocycles. The molecule has 1 aliphatic heterocycles. The van der Waals surface area contributed by atoms with Gasteiger partial charge in [-0.25, -0.2) is 0 Å². The van der Waals surface area contributed by atoms with Gasteiger partial charge in [0, 0.05) is 25.1 Å². The average Bonchev–Trinajstić information content (AvgIpc) is 3.06. The van der Waals surface area contributed by atoms with E-state index >= 15 is 0 Å². The summed E-state index contributed by atoms with van der Waals surface area (Å²) in [7, 11) is 0. The van der Waals surface area contributed by atoms with Crippen molar-refractivity contribution in [1.82, 2.24) is 10.2 Å². The fourth-order valence-corrected chi connectivity index (χ4v) is 3.10. The maximum absolute atomic E-state index is 12.5. The number of rotatable bonds is 6. The Bertz CT molecular complexity index is 800. The van der Waals surface area contributed by atoms with Crippen LogP contribution in [0.5, 0.6) is 0 Å².